The van der Waals surface area contributed by atoms with E-state index in [9.17, 15) is 4.79 Å². The summed E-state index contributed by atoms with van der Waals surface area (Å²) in [6, 6.07) is 5.54. The van der Waals surface area contributed by atoms with Crippen LogP contribution in [0.2, 0.25) is 0 Å². The van der Waals surface area contributed by atoms with Gasteiger partial charge in [0.25, 0.3) is 5.91 Å². The Morgan fingerprint density at radius 1 is 1.25 bits per heavy atom. The molecule has 1 atom stereocenters. The van der Waals surface area contributed by atoms with Gasteiger partial charge in [0.2, 0.25) is 0 Å². The standard InChI is InChI=1S/C15H12Br3N5O/c1-8-11-6-9(16)14(18)22(11)5-4-21(8)15(24)10-7-13-19-12(17)2-3-23(13)20-10/h2-3,6-8H,4-5H2,1H3. The summed E-state index contributed by atoms with van der Waals surface area (Å²) < 4.78 is 6.52. The SMILES string of the molecule is CC1c2cc(Br)c(Br)n2CCN1C(=O)c1cc2nc(Br)ccn2n1. The van der Waals surface area contributed by atoms with Crippen LogP contribution in [0, 0.1) is 0 Å². The Bertz CT molecular complexity index is 964. The van der Waals surface area contributed by atoms with E-state index in [-0.39, 0.29) is 11.9 Å². The van der Waals surface area contributed by atoms with E-state index < -0.39 is 0 Å². The fourth-order valence-electron chi connectivity index (χ4n) is 3.03. The molecule has 0 N–H and O–H groups in total. The molecule has 4 heterocycles. The van der Waals surface area contributed by atoms with Crippen molar-refractivity contribution in [3.05, 3.63) is 49.5 Å². The molecule has 124 valence electrons. The summed E-state index contributed by atoms with van der Waals surface area (Å²) in [5.74, 6) is -0.0798. The Labute approximate surface area is 163 Å². The number of fused-ring (bicyclic) bond motifs is 2. The number of carbonyl (C=O) groups is 1. The molecule has 4 rings (SSSR count). The van der Waals surface area contributed by atoms with E-state index in [0.717, 1.165) is 21.3 Å². The van der Waals surface area contributed by atoms with Crippen molar-refractivity contribution in [2.45, 2.75) is 19.5 Å². The summed E-state index contributed by atoms with van der Waals surface area (Å²) in [5, 5.41) is 4.36. The molecule has 0 aromatic carbocycles. The molecule has 0 fully saturated rings. The fraction of sp³-hybridized carbons (Fsp3) is 0.267. The summed E-state index contributed by atoms with van der Waals surface area (Å²) in [6.45, 7) is 3.42. The molecule has 24 heavy (non-hydrogen) atoms. The van der Waals surface area contributed by atoms with Crippen LogP contribution in [0.5, 0.6) is 0 Å². The van der Waals surface area contributed by atoms with E-state index in [1.807, 2.05) is 11.8 Å². The Kier molecular flexibility index (Phi) is 4.04. The first-order valence-electron chi connectivity index (χ1n) is 7.33. The van der Waals surface area contributed by atoms with Crippen molar-refractivity contribution in [2.75, 3.05) is 6.54 Å². The number of carbonyl (C=O) groups excluding carboxylic acids is 1. The lowest BCUT2D eigenvalue weighted by Crippen LogP contribution is -2.41. The molecular weight excluding hydrogens is 506 g/mol. The van der Waals surface area contributed by atoms with E-state index in [1.54, 1.807) is 22.8 Å². The summed E-state index contributed by atoms with van der Waals surface area (Å²) in [4.78, 5) is 19.1. The zero-order valence-corrected chi connectivity index (χ0v) is 17.3. The van der Waals surface area contributed by atoms with Crippen LogP contribution in [0.3, 0.4) is 0 Å². The summed E-state index contributed by atoms with van der Waals surface area (Å²) in [6.07, 6.45) is 1.78. The van der Waals surface area contributed by atoms with Gasteiger partial charge in [0.1, 0.15) is 4.60 Å². The van der Waals surface area contributed by atoms with E-state index in [0.29, 0.717) is 22.5 Å². The van der Waals surface area contributed by atoms with Crippen LogP contribution < -0.4 is 0 Å². The average molecular weight is 518 g/mol. The Morgan fingerprint density at radius 2 is 2.04 bits per heavy atom. The van der Waals surface area contributed by atoms with Gasteiger partial charge in [0.05, 0.1) is 15.1 Å². The van der Waals surface area contributed by atoms with Gasteiger partial charge in [0, 0.05) is 31.0 Å². The van der Waals surface area contributed by atoms with Crippen molar-refractivity contribution in [2.24, 2.45) is 0 Å². The molecule has 0 bridgehead atoms. The van der Waals surface area contributed by atoms with Crippen LogP contribution in [0.1, 0.15) is 29.1 Å². The normalized spacial score (nSPS) is 17.3. The van der Waals surface area contributed by atoms with E-state index in [2.05, 4.69) is 68.5 Å². The molecule has 1 aliphatic heterocycles. The molecule has 0 saturated carbocycles. The van der Waals surface area contributed by atoms with Gasteiger partial charge in [-0.15, -0.1) is 0 Å². The van der Waals surface area contributed by atoms with Crippen LogP contribution in [-0.2, 0) is 6.54 Å². The minimum atomic E-state index is -0.0798. The zero-order chi connectivity index (χ0) is 17.0. The van der Waals surface area contributed by atoms with Crippen LogP contribution in [-0.4, -0.2) is 36.5 Å². The molecule has 3 aromatic heterocycles. The number of hydrogen-bond donors (Lipinski definition) is 0. The van der Waals surface area contributed by atoms with Gasteiger partial charge in [-0.25, -0.2) is 9.50 Å². The zero-order valence-electron chi connectivity index (χ0n) is 12.6. The molecular formula is C15H12Br3N5O. The maximum atomic E-state index is 12.9. The predicted octanol–water partition coefficient (Wildman–Crippen LogP) is 4.04. The van der Waals surface area contributed by atoms with Crippen LogP contribution in [0.15, 0.2) is 38.1 Å². The molecule has 1 unspecified atom stereocenters. The number of amides is 1. The second kappa shape index (κ2) is 5.96. The Morgan fingerprint density at radius 3 is 2.83 bits per heavy atom. The third kappa shape index (κ3) is 2.53. The van der Waals surface area contributed by atoms with Crippen molar-refractivity contribution in [1.29, 1.82) is 0 Å². The third-order valence-corrected chi connectivity index (χ3v) is 6.68. The highest BCUT2D eigenvalue weighted by molar-refractivity contribution is 9.13. The van der Waals surface area contributed by atoms with Gasteiger partial charge >= 0.3 is 0 Å². The van der Waals surface area contributed by atoms with Crippen LogP contribution >= 0.6 is 47.8 Å². The molecule has 0 saturated heterocycles. The van der Waals surface area contributed by atoms with Crippen molar-refractivity contribution in [3.8, 4) is 0 Å². The first kappa shape index (κ1) is 16.3. The van der Waals surface area contributed by atoms with Crippen LogP contribution in [0.4, 0.5) is 0 Å². The van der Waals surface area contributed by atoms with Gasteiger partial charge in [0.15, 0.2) is 11.3 Å². The van der Waals surface area contributed by atoms with Crippen molar-refractivity contribution in [3.63, 3.8) is 0 Å². The lowest BCUT2D eigenvalue weighted by atomic mass is 10.1. The van der Waals surface area contributed by atoms with Crippen molar-refractivity contribution < 1.29 is 4.79 Å². The summed E-state index contributed by atoms with van der Waals surface area (Å²) >= 11 is 10.4. The summed E-state index contributed by atoms with van der Waals surface area (Å²) in [5.41, 5.74) is 2.15. The second-order valence-corrected chi connectivity index (χ2v) is 8.03. The topological polar surface area (TPSA) is 55.4 Å². The monoisotopic (exact) mass is 515 g/mol. The molecule has 0 aliphatic carbocycles. The lowest BCUT2D eigenvalue weighted by Gasteiger charge is -2.34. The largest absolute Gasteiger partial charge is 0.335 e. The third-order valence-electron chi connectivity index (χ3n) is 4.25. The first-order chi connectivity index (χ1) is 11.5. The van der Waals surface area contributed by atoms with E-state index in [1.165, 1.54) is 0 Å². The molecule has 1 amide bonds. The Balaban J connectivity index is 1.68. The maximum absolute atomic E-state index is 12.9. The number of rotatable bonds is 1. The second-order valence-electron chi connectivity index (χ2n) is 5.62. The number of nitrogens with zero attached hydrogens (tertiary/aromatic N) is 5. The lowest BCUT2D eigenvalue weighted by molar-refractivity contribution is 0.0636. The van der Waals surface area contributed by atoms with Crippen LogP contribution in [0.25, 0.3) is 5.65 Å². The minimum Gasteiger partial charge on any atom is -0.335 e. The first-order valence-corrected chi connectivity index (χ1v) is 9.71. The Hall–Kier alpha value is -1.19. The number of halogens is 3. The molecule has 0 spiro atoms. The van der Waals surface area contributed by atoms with E-state index in [4.69, 9.17) is 0 Å². The smallest absolute Gasteiger partial charge is 0.275 e. The number of hydrogen-bond acceptors (Lipinski definition) is 3. The maximum Gasteiger partial charge on any atom is 0.275 e. The van der Waals surface area contributed by atoms with Crippen molar-refractivity contribution in [1.82, 2.24) is 24.1 Å². The molecule has 3 aromatic rings. The van der Waals surface area contributed by atoms with Gasteiger partial charge < -0.3 is 9.47 Å². The van der Waals surface area contributed by atoms with Gasteiger partial charge in [-0.3, -0.25) is 4.79 Å². The fourth-order valence-corrected chi connectivity index (χ4v) is 4.27. The van der Waals surface area contributed by atoms with Crippen molar-refractivity contribution >= 4 is 59.3 Å². The van der Waals surface area contributed by atoms with Gasteiger partial charge in [-0.1, -0.05) is 0 Å². The highest BCUT2D eigenvalue weighted by atomic mass is 79.9. The number of aromatic nitrogens is 4. The van der Waals surface area contributed by atoms with Gasteiger partial charge in [-0.2, -0.15) is 5.10 Å². The van der Waals surface area contributed by atoms with E-state index >= 15 is 0 Å². The minimum absolute atomic E-state index is 0.0293. The molecule has 6 nitrogen and oxygen atoms in total. The van der Waals surface area contributed by atoms with Gasteiger partial charge in [-0.05, 0) is 66.8 Å². The molecule has 0 radical (unpaired) electrons. The molecule has 1 aliphatic rings. The highest BCUT2D eigenvalue weighted by Gasteiger charge is 2.31. The molecule has 9 heteroatoms. The highest BCUT2D eigenvalue weighted by Crippen LogP contribution is 2.35. The quantitative estimate of drug-likeness (QED) is 0.458. The summed E-state index contributed by atoms with van der Waals surface area (Å²) in [7, 11) is 0. The predicted molar refractivity (Wildman–Crippen MR) is 100.0 cm³/mol. The average Bonchev–Trinajstić information content (AvgIpc) is 3.10.